The molecule has 0 aromatic carbocycles. The van der Waals surface area contributed by atoms with Crippen LogP contribution in [0.4, 0.5) is 11.6 Å². The van der Waals surface area contributed by atoms with Crippen molar-refractivity contribution >= 4 is 11.6 Å². The first kappa shape index (κ1) is 9.88. The van der Waals surface area contributed by atoms with E-state index >= 15 is 0 Å². The van der Waals surface area contributed by atoms with E-state index in [0.29, 0.717) is 19.0 Å². The lowest BCUT2D eigenvalue weighted by molar-refractivity contribution is 0.106. The Morgan fingerprint density at radius 2 is 2.38 bits per heavy atom. The summed E-state index contributed by atoms with van der Waals surface area (Å²) in [5.74, 6) is 1.34. The topological polar surface area (TPSA) is 74.5 Å². The van der Waals surface area contributed by atoms with Crippen LogP contribution in [-0.4, -0.2) is 29.8 Å². The summed E-state index contributed by atoms with van der Waals surface area (Å²) in [6.45, 7) is 2.91. The number of aromatic nitrogens is 1. The van der Waals surface area contributed by atoms with Crippen LogP contribution in [0, 0.1) is 0 Å². The van der Waals surface area contributed by atoms with Crippen molar-refractivity contribution in [1.29, 1.82) is 0 Å². The molecule has 5 heteroatoms. The predicted molar refractivity (Wildman–Crippen MR) is 51.3 cm³/mol. The van der Waals surface area contributed by atoms with Crippen molar-refractivity contribution in [2.24, 2.45) is 0 Å². The third-order valence-electron chi connectivity index (χ3n) is 1.55. The van der Waals surface area contributed by atoms with Gasteiger partial charge in [-0.25, -0.2) is 5.06 Å². The Balaban J connectivity index is 2.63. The highest BCUT2D eigenvalue weighted by Crippen LogP contribution is 2.14. The van der Waals surface area contributed by atoms with Crippen LogP contribution in [0.2, 0.25) is 0 Å². The van der Waals surface area contributed by atoms with Gasteiger partial charge in [0.1, 0.15) is 11.6 Å². The molecule has 0 spiro atoms. The summed E-state index contributed by atoms with van der Waals surface area (Å²) in [6, 6.07) is 3.55. The van der Waals surface area contributed by atoms with E-state index in [1.54, 1.807) is 17.2 Å². The van der Waals surface area contributed by atoms with Crippen LogP contribution in [0.15, 0.2) is 12.1 Å². The highest BCUT2D eigenvalue weighted by molar-refractivity contribution is 5.46. The molecular weight excluding hydrogens is 170 g/mol. The highest BCUT2D eigenvalue weighted by atomic mass is 16.7. The largest absolute Gasteiger partial charge is 0.394 e. The first-order chi connectivity index (χ1) is 6.27. The maximum atomic E-state index is 8.76. The van der Waals surface area contributed by atoms with E-state index in [2.05, 4.69) is 4.98 Å². The second kappa shape index (κ2) is 4.74. The second-order valence-corrected chi connectivity index (χ2v) is 2.54. The number of hydrogen-bond donors (Lipinski definition) is 3. The van der Waals surface area contributed by atoms with Crippen LogP contribution >= 0.6 is 0 Å². The summed E-state index contributed by atoms with van der Waals surface area (Å²) in [7, 11) is 0. The zero-order valence-corrected chi connectivity index (χ0v) is 7.66. The predicted octanol–water partition coefficient (Wildman–Crippen LogP) is 0.347. The molecule has 1 aromatic heterocycles. The number of aliphatic hydroxyl groups is 1. The molecule has 0 fully saturated rings. The molecule has 1 rings (SSSR count). The number of nitrogen functional groups attached to an aromatic ring is 1. The Morgan fingerprint density at radius 3 is 2.85 bits per heavy atom. The summed E-state index contributed by atoms with van der Waals surface area (Å²) in [5.41, 5.74) is 5.51. The average molecular weight is 185 g/mol. The Hall–Kier alpha value is -1.20. The third-order valence-corrected chi connectivity index (χ3v) is 1.55. The number of aliphatic hydroxyl groups excluding tert-OH is 1. The van der Waals surface area contributed by atoms with Gasteiger partial charge < -0.3 is 15.8 Å². The minimum atomic E-state index is 0.0406. The van der Waals surface area contributed by atoms with Gasteiger partial charge >= 0.3 is 0 Å². The maximum Gasteiger partial charge on any atom is 0.132 e. The zero-order chi connectivity index (χ0) is 9.68. The van der Waals surface area contributed by atoms with Crippen LogP contribution in [0.3, 0.4) is 0 Å². The fourth-order valence-electron chi connectivity index (χ4n) is 1.05. The lowest BCUT2D eigenvalue weighted by atomic mass is 10.5. The van der Waals surface area contributed by atoms with Gasteiger partial charge in [0.2, 0.25) is 0 Å². The summed E-state index contributed by atoms with van der Waals surface area (Å²) >= 11 is 0. The number of aromatic amines is 1. The number of hydroxylamine groups is 1. The molecule has 74 valence electrons. The Labute approximate surface area is 77.1 Å². The quantitative estimate of drug-likeness (QED) is 0.578. The van der Waals surface area contributed by atoms with E-state index in [1.807, 2.05) is 6.92 Å². The number of nitrogens with zero attached hydrogens (tertiary/aromatic N) is 1. The van der Waals surface area contributed by atoms with Gasteiger partial charge in [-0.15, -0.1) is 0 Å². The fourth-order valence-corrected chi connectivity index (χ4v) is 1.05. The number of anilines is 2. The summed E-state index contributed by atoms with van der Waals surface area (Å²) < 4.78 is 0. The van der Waals surface area contributed by atoms with Crippen molar-refractivity contribution in [2.45, 2.75) is 6.92 Å². The molecule has 1 aromatic rings. The zero-order valence-electron chi connectivity index (χ0n) is 7.66. The smallest absolute Gasteiger partial charge is 0.132 e. The van der Waals surface area contributed by atoms with Crippen molar-refractivity contribution in [3.8, 4) is 0 Å². The molecule has 0 unspecified atom stereocenters. The van der Waals surface area contributed by atoms with Gasteiger partial charge in [-0.05, 0) is 19.1 Å². The van der Waals surface area contributed by atoms with Gasteiger partial charge in [-0.1, -0.05) is 0 Å². The van der Waals surface area contributed by atoms with Gasteiger partial charge in [-0.3, -0.25) is 4.84 Å². The molecule has 13 heavy (non-hydrogen) atoms. The molecule has 4 N–H and O–H groups in total. The van der Waals surface area contributed by atoms with Crippen molar-refractivity contribution in [3.05, 3.63) is 12.1 Å². The lowest BCUT2D eigenvalue weighted by Crippen LogP contribution is -2.27. The Morgan fingerprint density at radius 1 is 1.62 bits per heavy atom. The van der Waals surface area contributed by atoms with E-state index in [4.69, 9.17) is 15.7 Å². The molecule has 5 nitrogen and oxygen atoms in total. The number of nitrogens with one attached hydrogen (secondary N) is 1. The molecule has 0 atom stereocenters. The number of H-pyrrole nitrogens is 1. The highest BCUT2D eigenvalue weighted by Gasteiger charge is 2.06. The molecule has 0 radical (unpaired) electrons. The first-order valence-electron chi connectivity index (χ1n) is 4.23. The van der Waals surface area contributed by atoms with Crippen LogP contribution in [0.1, 0.15) is 6.92 Å². The van der Waals surface area contributed by atoms with Crippen LogP contribution < -0.4 is 10.8 Å². The van der Waals surface area contributed by atoms with E-state index in [1.165, 1.54) is 0 Å². The molecule has 0 aliphatic carbocycles. The maximum absolute atomic E-state index is 8.76. The van der Waals surface area contributed by atoms with Crippen molar-refractivity contribution in [3.63, 3.8) is 0 Å². The minimum absolute atomic E-state index is 0.0406. The first-order valence-corrected chi connectivity index (χ1v) is 4.23. The van der Waals surface area contributed by atoms with Gasteiger partial charge in [0, 0.05) is 0 Å². The van der Waals surface area contributed by atoms with Crippen LogP contribution in [0.5, 0.6) is 0 Å². The lowest BCUT2D eigenvalue weighted by Gasteiger charge is -2.20. The van der Waals surface area contributed by atoms with E-state index in [0.717, 1.165) is 5.82 Å². The van der Waals surface area contributed by atoms with Crippen LogP contribution in [0.25, 0.3) is 0 Å². The Kier molecular flexibility index (Phi) is 3.60. The molecule has 0 aliphatic heterocycles. The van der Waals surface area contributed by atoms with Crippen LogP contribution in [-0.2, 0) is 4.84 Å². The normalized spacial score (nSPS) is 10.3. The second-order valence-electron chi connectivity index (χ2n) is 2.54. The Bertz CT molecular complexity index is 243. The van der Waals surface area contributed by atoms with E-state index in [-0.39, 0.29) is 6.61 Å². The standard InChI is InChI=1S/C8H15N3O2/c1-2-13-11(5-6-12)8-4-3-7(9)10-8/h3-4,10,12H,2,5-6,9H2,1H3. The SMILES string of the molecule is CCON(CCO)c1ccc(N)[nH]1. The molecule has 1 heterocycles. The molecule has 0 bridgehead atoms. The number of hydrogen-bond acceptors (Lipinski definition) is 4. The monoisotopic (exact) mass is 185 g/mol. The molecule has 0 saturated heterocycles. The van der Waals surface area contributed by atoms with Crippen molar-refractivity contribution < 1.29 is 9.94 Å². The fraction of sp³-hybridized carbons (Fsp3) is 0.500. The summed E-state index contributed by atoms with van der Waals surface area (Å²) in [5, 5.41) is 10.3. The average Bonchev–Trinajstić information content (AvgIpc) is 2.51. The van der Waals surface area contributed by atoms with Gasteiger partial charge in [0.15, 0.2) is 0 Å². The minimum Gasteiger partial charge on any atom is -0.394 e. The molecular formula is C8H15N3O2. The summed E-state index contributed by atoms with van der Waals surface area (Å²) in [4.78, 5) is 8.18. The van der Waals surface area contributed by atoms with E-state index < -0.39 is 0 Å². The van der Waals surface area contributed by atoms with Gasteiger partial charge in [-0.2, -0.15) is 0 Å². The van der Waals surface area contributed by atoms with Gasteiger partial charge in [0.05, 0.1) is 19.8 Å². The van der Waals surface area contributed by atoms with Crippen molar-refractivity contribution in [2.75, 3.05) is 30.6 Å². The molecule has 0 amide bonds. The summed E-state index contributed by atoms with van der Waals surface area (Å²) in [6.07, 6.45) is 0. The third kappa shape index (κ3) is 2.64. The number of rotatable bonds is 5. The molecule has 0 saturated carbocycles. The molecule has 0 aliphatic rings. The van der Waals surface area contributed by atoms with E-state index in [9.17, 15) is 0 Å². The number of nitrogens with two attached hydrogens (primary N) is 1. The van der Waals surface area contributed by atoms with Gasteiger partial charge in [0.25, 0.3) is 0 Å². The van der Waals surface area contributed by atoms with Crippen molar-refractivity contribution in [1.82, 2.24) is 4.98 Å².